The fraction of sp³-hybridized carbons (Fsp3) is 0.143. The molecule has 2 aromatic rings. The lowest BCUT2D eigenvalue weighted by Gasteiger charge is -2.07. The molecule has 0 unspecified atom stereocenters. The van der Waals surface area contributed by atoms with Crippen molar-refractivity contribution < 1.29 is 4.39 Å². The zero-order valence-electron chi connectivity index (χ0n) is 9.00. The first-order valence-electron chi connectivity index (χ1n) is 5.12. The summed E-state index contributed by atoms with van der Waals surface area (Å²) in [5, 5.41) is 0. The molecule has 82 valence electrons. The van der Waals surface area contributed by atoms with Gasteiger partial charge in [0.2, 0.25) is 0 Å². The highest BCUT2D eigenvalue weighted by Crippen LogP contribution is 2.25. The summed E-state index contributed by atoms with van der Waals surface area (Å²) < 4.78 is 12.8. The summed E-state index contributed by atoms with van der Waals surface area (Å²) in [5.74, 6) is 0.281. The van der Waals surface area contributed by atoms with Crippen molar-refractivity contribution in [3.05, 3.63) is 59.4 Å². The largest absolute Gasteiger partial charge is 0.207 e. The van der Waals surface area contributed by atoms with Crippen molar-refractivity contribution in [1.29, 1.82) is 0 Å². The quantitative estimate of drug-likeness (QED) is 0.670. The number of hydrogen-bond donors (Lipinski definition) is 0. The minimum Gasteiger partial charge on any atom is -0.207 e. The van der Waals surface area contributed by atoms with Crippen LogP contribution in [0.4, 0.5) is 4.39 Å². The molecule has 0 saturated heterocycles. The van der Waals surface area contributed by atoms with Gasteiger partial charge in [-0.1, -0.05) is 24.3 Å². The van der Waals surface area contributed by atoms with E-state index in [2.05, 4.69) is 6.07 Å². The van der Waals surface area contributed by atoms with Crippen LogP contribution in [0, 0.1) is 12.7 Å². The molecule has 0 spiro atoms. The van der Waals surface area contributed by atoms with Crippen LogP contribution in [0.15, 0.2) is 42.5 Å². The number of halogens is 2. The molecule has 2 aromatic carbocycles. The van der Waals surface area contributed by atoms with Crippen LogP contribution in [-0.4, -0.2) is 0 Å². The molecule has 0 N–H and O–H groups in total. The lowest BCUT2D eigenvalue weighted by atomic mass is 9.98. The monoisotopic (exact) mass is 234 g/mol. The van der Waals surface area contributed by atoms with E-state index in [-0.39, 0.29) is 5.82 Å². The van der Waals surface area contributed by atoms with Gasteiger partial charge in [-0.3, -0.25) is 0 Å². The van der Waals surface area contributed by atoms with Crippen LogP contribution in [0.3, 0.4) is 0 Å². The van der Waals surface area contributed by atoms with Gasteiger partial charge in [0, 0.05) is 5.88 Å². The third-order valence-corrected chi connectivity index (χ3v) is 2.92. The highest BCUT2D eigenvalue weighted by atomic mass is 35.5. The molecule has 2 heteroatoms. The fourth-order valence-corrected chi connectivity index (χ4v) is 1.86. The summed E-state index contributed by atoms with van der Waals surface area (Å²) in [6, 6.07) is 12.6. The zero-order valence-corrected chi connectivity index (χ0v) is 9.76. The van der Waals surface area contributed by atoms with Gasteiger partial charge in [0.1, 0.15) is 5.82 Å². The number of rotatable bonds is 2. The summed E-state index contributed by atoms with van der Waals surface area (Å²) in [7, 11) is 0. The Balaban J connectivity index is 2.50. The predicted molar refractivity (Wildman–Crippen MR) is 66.1 cm³/mol. The normalized spacial score (nSPS) is 10.4. The SMILES string of the molecule is Cc1ccc(CCl)cc1-c1ccc(F)cc1. The average Bonchev–Trinajstić information content (AvgIpc) is 2.31. The maximum absolute atomic E-state index is 12.8. The third kappa shape index (κ3) is 2.25. The number of aryl methyl sites for hydroxylation is 1. The maximum atomic E-state index is 12.8. The van der Waals surface area contributed by atoms with E-state index in [4.69, 9.17) is 11.6 Å². The molecule has 0 bridgehead atoms. The van der Waals surface area contributed by atoms with E-state index in [1.54, 1.807) is 12.1 Å². The lowest BCUT2D eigenvalue weighted by molar-refractivity contribution is 0.628. The maximum Gasteiger partial charge on any atom is 0.123 e. The first-order chi connectivity index (χ1) is 7.70. The Morgan fingerprint density at radius 2 is 1.75 bits per heavy atom. The topological polar surface area (TPSA) is 0 Å². The van der Waals surface area contributed by atoms with Crippen molar-refractivity contribution in [2.24, 2.45) is 0 Å². The summed E-state index contributed by atoms with van der Waals surface area (Å²) >= 11 is 5.80. The van der Waals surface area contributed by atoms with Crippen LogP contribution in [0.5, 0.6) is 0 Å². The standard InChI is InChI=1S/C14H12ClF/c1-10-2-3-11(9-15)8-14(10)12-4-6-13(16)7-5-12/h2-8H,9H2,1H3. The summed E-state index contributed by atoms with van der Waals surface area (Å²) in [6.07, 6.45) is 0. The average molecular weight is 235 g/mol. The Labute approximate surface area is 99.7 Å². The minimum atomic E-state index is -0.213. The zero-order chi connectivity index (χ0) is 11.5. The van der Waals surface area contributed by atoms with E-state index in [9.17, 15) is 4.39 Å². The van der Waals surface area contributed by atoms with Crippen molar-refractivity contribution in [3.63, 3.8) is 0 Å². The van der Waals surface area contributed by atoms with Gasteiger partial charge in [-0.25, -0.2) is 4.39 Å². The van der Waals surface area contributed by atoms with Crippen LogP contribution >= 0.6 is 11.6 Å². The first kappa shape index (κ1) is 11.2. The second-order valence-electron chi connectivity index (χ2n) is 3.79. The molecule has 16 heavy (non-hydrogen) atoms. The van der Waals surface area contributed by atoms with Gasteiger partial charge in [-0.05, 0) is 47.4 Å². The van der Waals surface area contributed by atoms with Gasteiger partial charge in [0.15, 0.2) is 0 Å². The predicted octanol–water partition coefficient (Wildman–Crippen LogP) is 4.54. The molecule has 0 nitrogen and oxygen atoms in total. The third-order valence-electron chi connectivity index (χ3n) is 2.61. The molecule has 2 rings (SSSR count). The Bertz CT molecular complexity index is 489. The van der Waals surface area contributed by atoms with Crippen molar-refractivity contribution in [2.75, 3.05) is 0 Å². The van der Waals surface area contributed by atoms with Gasteiger partial charge in [0.25, 0.3) is 0 Å². The number of hydrogen-bond acceptors (Lipinski definition) is 0. The van der Waals surface area contributed by atoms with Crippen LogP contribution in [0.1, 0.15) is 11.1 Å². The molecular formula is C14H12ClF. The van der Waals surface area contributed by atoms with Gasteiger partial charge in [0.05, 0.1) is 0 Å². The number of alkyl halides is 1. The molecule has 0 radical (unpaired) electrons. The fourth-order valence-electron chi connectivity index (χ4n) is 1.69. The van der Waals surface area contributed by atoms with Crippen molar-refractivity contribution in [3.8, 4) is 11.1 Å². The smallest absolute Gasteiger partial charge is 0.123 e. The van der Waals surface area contributed by atoms with E-state index < -0.39 is 0 Å². The molecule has 0 amide bonds. The first-order valence-corrected chi connectivity index (χ1v) is 5.65. The number of benzene rings is 2. The molecule has 0 aromatic heterocycles. The molecule has 0 heterocycles. The minimum absolute atomic E-state index is 0.213. The molecular weight excluding hydrogens is 223 g/mol. The highest BCUT2D eigenvalue weighted by Gasteiger charge is 2.03. The highest BCUT2D eigenvalue weighted by molar-refractivity contribution is 6.17. The van der Waals surface area contributed by atoms with Gasteiger partial charge >= 0.3 is 0 Å². The van der Waals surface area contributed by atoms with Crippen LogP contribution in [0.2, 0.25) is 0 Å². The van der Waals surface area contributed by atoms with E-state index >= 15 is 0 Å². The summed E-state index contributed by atoms with van der Waals surface area (Å²) in [5.41, 5.74) is 4.37. The van der Waals surface area contributed by atoms with Crippen LogP contribution in [0.25, 0.3) is 11.1 Å². The molecule has 0 atom stereocenters. The summed E-state index contributed by atoms with van der Waals surface area (Å²) in [4.78, 5) is 0. The molecule has 0 fully saturated rings. The lowest BCUT2D eigenvalue weighted by Crippen LogP contribution is -1.86. The van der Waals surface area contributed by atoms with E-state index in [0.29, 0.717) is 5.88 Å². The molecule has 0 aliphatic heterocycles. The Kier molecular flexibility index (Phi) is 3.25. The molecule has 0 saturated carbocycles. The second kappa shape index (κ2) is 4.67. The Morgan fingerprint density at radius 3 is 2.38 bits per heavy atom. The Hall–Kier alpha value is -1.34. The van der Waals surface area contributed by atoms with Crippen molar-refractivity contribution in [2.45, 2.75) is 12.8 Å². The molecule has 0 aliphatic carbocycles. The Morgan fingerprint density at radius 1 is 1.06 bits per heavy atom. The van der Waals surface area contributed by atoms with Crippen LogP contribution in [-0.2, 0) is 5.88 Å². The van der Waals surface area contributed by atoms with Crippen LogP contribution < -0.4 is 0 Å². The molecule has 0 aliphatic rings. The van der Waals surface area contributed by atoms with E-state index in [1.165, 1.54) is 17.7 Å². The van der Waals surface area contributed by atoms with Crippen molar-refractivity contribution >= 4 is 11.6 Å². The van der Waals surface area contributed by atoms with Gasteiger partial charge < -0.3 is 0 Å². The van der Waals surface area contributed by atoms with Gasteiger partial charge in [-0.2, -0.15) is 0 Å². The second-order valence-corrected chi connectivity index (χ2v) is 4.06. The summed E-state index contributed by atoms with van der Waals surface area (Å²) in [6.45, 7) is 2.04. The van der Waals surface area contributed by atoms with E-state index in [0.717, 1.165) is 16.7 Å². The van der Waals surface area contributed by atoms with Gasteiger partial charge in [-0.15, -0.1) is 11.6 Å². The van der Waals surface area contributed by atoms with Crippen molar-refractivity contribution in [1.82, 2.24) is 0 Å². The van der Waals surface area contributed by atoms with E-state index in [1.807, 2.05) is 19.1 Å².